The Balaban J connectivity index is 2.75. The van der Waals surface area contributed by atoms with Crippen LogP contribution in [0.5, 0.6) is 0 Å². The summed E-state index contributed by atoms with van der Waals surface area (Å²) in [7, 11) is -3.99. The van der Waals surface area contributed by atoms with E-state index in [0.717, 1.165) is 6.92 Å². The molecule has 1 atom stereocenters. The molecule has 7 heteroatoms. The number of carbonyl (C=O) groups is 1. The van der Waals surface area contributed by atoms with E-state index < -0.39 is 27.1 Å². The number of hydrogen-bond donors (Lipinski definition) is 2. The molecule has 0 aliphatic heterocycles. The van der Waals surface area contributed by atoms with Gasteiger partial charge < -0.3 is 5.11 Å². The minimum atomic E-state index is -3.99. The van der Waals surface area contributed by atoms with Crippen molar-refractivity contribution < 1.29 is 22.7 Å². The highest BCUT2D eigenvalue weighted by Crippen LogP contribution is 2.07. The Hall–Kier alpha value is -1.47. The lowest BCUT2D eigenvalue weighted by atomic mass is 10.2. The standard InChI is InChI=1S/C10H12FNO4S/c1-7(10(13)14)17(15,16)12-6-8-4-2-3-5-9(8)11/h2-5,7,12H,6H2,1H3,(H,13,14). The van der Waals surface area contributed by atoms with Crippen LogP contribution in [0.4, 0.5) is 4.39 Å². The Morgan fingerprint density at radius 3 is 2.59 bits per heavy atom. The third-order valence-electron chi connectivity index (χ3n) is 2.23. The molecule has 94 valence electrons. The highest BCUT2D eigenvalue weighted by molar-refractivity contribution is 7.90. The van der Waals surface area contributed by atoms with E-state index >= 15 is 0 Å². The number of rotatable bonds is 5. The average Bonchev–Trinajstić information content (AvgIpc) is 2.27. The molecular weight excluding hydrogens is 249 g/mol. The second-order valence-electron chi connectivity index (χ2n) is 3.44. The Bertz CT molecular complexity index is 515. The lowest BCUT2D eigenvalue weighted by molar-refractivity contribution is -0.136. The Labute approximate surface area is 98.3 Å². The molecule has 0 spiro atoms. The highest BCUT2D eigenvalue weighted by atomic mass is 32.2. The van der Waals surface area contributed by atoms with Crippen molar-refractivity contribution in [1.29, 1.82) is 0 Å². The van der Waals surface area contributed by atoms with Crippen LogP contribution < -0.4 is 4.72 Å². The summed E-state index contributed by atoms with van der Waals surface area (Å²) in [5, 5.41) is 7.00. The van der Waals surface area contributed by atoms with Gasteiger partial charge in [0.25, 0.3) is 0 Å². The lowest BCUT2D eigenvalue weighted by Gasteiger charge is -2.10. The van der Waals surface area contributed by atoms with Crippen molar-refractivity contribution in [2.45, 2.75) is 18.7 Å². The van der Waals surface area contributed by atoms with E-state index in [1.807, 2.05) is 4.72 Å². The first-order valence-corrected chi connectivity index (χ1v) is 6.34. The van der Waals surface area contributed by atoms with Crippen molar-refractivity contribution in [3.05, 3.63) is 35.6 Å². The van der Waals surface area contributed by atoms with Crippen molar-refractivity contribution in [1.82, 2.24) is 4.72 Å². The van der Waals surface area contributed by atoms with Crippen LogP contribution in [-0.4, -0.2) is 24.7 Å². The summed E-state index contributed by atoms with van der Waals surface area (Å²) in [4.78, 5) is 10.5. The third kappa shape index (κ3) is 3.50. The van der Waals surface area contributed by atoms with Crippen molar-refractivity contribution in [2.75, 3.05) is 0 Å². The smallest absolute Gasteiger partial charge is 0.323 e. The molecular formula is C10H12FNO4S. The minimum Gasteiger partial charge on any atom is -0.480 e. The monoisotopic (exact) mass is 261 g/mol. The number of nitrogens with one attached hydrogen (secondary N) is 1. The van der Waals surface area contributed by atoms with E-state index in [9.17, 15) is 17.6 Å². The fourth-order valence-electron chi connectivity index (χ4n) is 1.08. The quantitative estimate of drug-likeness (QED) is 0.818. The summed E-state index contributed by atoms with van der Waals surface area (Å²) in [6.45, 7) is 0.776. The molecule has 0 radical (unpaired) electrons. The Morgan fingerprint density at radius 2 is 2.06 bits per heavy atom. The van der Waals surface area contributed by atoms with E-state index in [1.54, 1.807) is 6.07 Å². The van der Waals surface area contributed by atoms with Crippen LogP contribution >= 0.6 is 0 Å². The van der Waals surface area contributed by atoms with Gasteiger partial charge in [-0.15, -0.1) is 0 Å². The predicted molar refractivity (Wildman–Crippen MR) is 59.3 cm³/mol. The number of aliphatic carboxylic acids is 1. The van der Waals surface area contributed by atoms with Crippen molar-refractivity contribution >= 4 is 16.0 Å². The van der Waals surface area contributed by atoms with Gasteiger partial charge >= 0.3 is 5.97 Å². The molecule has 0 aromatic heterocycles. The van der Waals surface area contributed by atoms with Gasteiger partial charge in [0.2, 0.25) is 10.0 Å². The molecule has 2 N–H and O–H groups in total. The van der Waals surface area contributed by atoms with Crippen LogP contribution in [-0.2, 0) is 21.4 Å². The summed E-state index contributed by atoms with van der Waals surface area (Å²) in [5.74, 6) is -2.00. The molecule has 1 unspecified atom stereocenters. The topological polar surface area (TPSA) is 83.5 Å². The molecule has 0 aliphatic carbocycles. The SMILES string of the molecule is CC(C(=O)O)S(=O)(=O)NCc1ccccc1F. The van der Waals surface area contributed by atoms with Crippen LogP contribution in [0.1, 0.15) is 12.5 Å². The molecule has 0 saturated heterocycles. The summed E-state index contributed by atoms with van der Waals surface area (Å²) in [6.07, 6.45) is 0. The van der Waals surface area contributed by atoms with Gasteiger partial charge in [-0.2, -0.15) is 0 Å². The van der Waals surface area contributed by atoms with Crippen LogP contribution in [0.15, 0.2) is 24.3 Å². The number of hydrogen-bond acceptors (Lipinski definition) is 3. The molecule has 1 aromatic carbocycles. The zero-order valence-electron chi connectivity index (χ0n) is 9.05. The summed E-state index contributed by atoms with van der Waals surface area (Å²) >= 11 is 0. The largest absolute Gasteiger partial charge is 0.480 e. The van der Waals surface area contributed by atoms with Crippen LogP contribution in [0.3, 0.4) is 0 Å². The van der Waals surface area contributed by atoms with Gasteiger partial charge in [-0.3, -0.25) is 4.79 Å². The number of halogens is 1. The van der Waals surface area contributed by atoms with Gasteiger partial charge in [-0.1, -0.05) is 18.2 Å². The maximum atomic E-state index is 13.2. The van der Waals surface area contributed by atoms with Crippen molar-refractivity contribution in [3.8, 4) is 0 Å². The van der Waals surface area contributed by atoms with Gasteiger partial charge in [0, 0.05) is 12.1 Å². The molecule has 0 aliphatic rings. The zero-order valence-corrected chi connectivity index (χ0v) is 9.87. The van der Waals surface area contributed by atoms with Gasteiger partial charge in [0.05, 0.1) is 0 Å². The normalized spacial score (nSPS) is 13.3. The maximum absolute atomic E-state index is 13.2. The minimum absolute atomic E-state index is 0.161. The van der Waals surface area contributed by atoms with Crippen molar-refractivity contribution in [2.24, 2.45) is 0 Å². The van der Waals surface area contributed by atoms with E-state index in [4.69, 9.17) is 5.11 Å². The fraction of sp³-hybridized carbons (Fsp3) is 0.300. The highest BCUT2D eigenvalue weighted by Gasteiger charge is 2.27. The maximum Gasteiger partial charge on any atom is 0.323 e. The van der Waals surface area contributed by atoms with Gasteiger partial charge in [-0.05, 0) is 13.0 Å². The first kappa shape index (κ1) is 13.6. The van der Waals surface area contributed by atoms with Crippen LogP contribution in [0.2, 0.25) is 0 Å². The van der Waals surface area contributed by atoms with Gasteiger partial charge in [0.15, 0.2) is 5.25 Å². The second kappa shape index (κ2) is 5.24. The average molecular weight is 261 g/mol. The molecule has 17 heavy (non-hydrogen) atoms. The molecule has 0 heterocycles. The van der Waals surface area contributed by atoms with E-state index in [2.05, 4.69) is 0 Å². The van der Waals surface area contributed by atoms with Gasteiger partial charge in [-0.25, -0.2) is 17.5 Å². The number of benzene rings is 1. The second-order valence-corrected chi connectivity index (χ2v) is 5.52. The van der Waals surface area contributed by atoms with Crippen LogP contribution in [0, 0.1) is 5.82 Å². The fourth-order valence-corrected chi connectivity index (χ4v) is 1.95. The molecule has 0 saturated carbocycles. The molecule has 0 amide bonds. The summed E-state index contributed by atoms with van der Waals surface area (Å²) in [6, 6.07) is 5.66. The summed E-state index contributed by atoms with van der Waals surface area (Å²) < 4.78 is 38.1. The van der Waals surface area contributed by atoms with Crippen LogP contribution in [0.25, 0.3) is 0 Å². The predicted octanol–water partition coefficient (Wildman–Crippen LogP) is 0.718. The third-order valence-corrected chi connectivity index (χ3v) is 3.91. The number of sulfonamides is 1. The molecule has 1 rings (SSSR count). The molecule has 0 bridgehead atoms. The van der Waals surface area contributed by atoms with E-state index in [1.165, 1.54) is 18.2 Å². The van der Waals surface area contributed by atoms with Gasteiger partial charge in [0.1, 0.15) is 5.82 Å². The number of carboxylic acid groups (broad SMARTS) is 1. The zero-order chi connectivity index (χ0) is 13.1. The molecule has 1 aromatic rings. The van der Waals surface area contributed by atoms with E-state index in [-0.39, 0.29) is 12.1 Å². The Morgan fingerprint density at radius 1 is 1.47 bits per heavy atom. The number of carboxylic acids is 1. The molecule has 5 nitrogen and oxygen atoms in total. The lowest BCUT2D eigenvalue weighted by Crippen LogP contribution is -2.37. The van der Waals surface area contributed by atoms with Crippen molar-refractivity contribution in [3.63, 3.8) is 0 Å². The molecule has 0 fully saturated rings. The first-order valence-electron chi connectivity index (χ1n) is 4.79. The Kier molecular flexibility index (Phi) is 4.19. The van der Waals surface area contributed by atoms with E-state index in [0.29, 0.717) is 0 Å². The summed E-state index contributed by atoms with van der Waals surface area (Å²) in [5.41, 5.74) is 0.161. The first-order chi connectivity index (χ1) is 7.84.